The minimum atomic E-state index is -1.07. The van der Waals surface area contributed by atoms with Gasteiger partial charge in [0.05, 0.1) is 12.2 Å². The smallest absolute Gasteiger partial charge is 0.329 e. The number of rotatable bonds is 7. The molecule has 0 bridgehead atoms. The predicted octanol–water partition coefficient (Wildman–Crippen LogP) is 3.30. The number of hydrogen-bond donors (Lipinski definition) is 2. The molecule has 3 rings (SSSR count). The number of amides is 1. The van der Waals surface area contributed by atoms with Crippen LogP contribution in [0, 0.1) is 20.8 Å². The first-order chi connectivity index (χ1) is 13.3. The lowest BCUT2D eigenvalue weighted by Gasteiger charge is -2.25. The number of carboxylic acids is 1. The van der Waals surface area contributed by atoms with E-state index in [1.807, 2.05) is 18.5 Å². The standard InChI is InChI=1S/C22H29N3O3/c1-15-6-8-18(9-7-15)14-25-17(3)19(16(2)24-25)10-11-20(26)23-22(21(27)28)12-4-5-13-22/h6-9H,4-5,10-14H2,1-3H3,(H,23,26)(H,27,28). The van der Waals surface area contributed by atoms with E-state index in [-0.39, 0.29) is 12.3 Å². The summed E-state index contributed by atoms with van der Waals surface area (Å²) < 4.78 is 1.98. The number of aryl methyl sites for hydroxylation is 2. The average Bonchev–Trinajstić information content (AvgIpc) is 3.22. The number of carbonyl (C=O) groups is 2. The first kappa shape index (κ1) is 20.1. The third-order valence-electron chi connectivity index (χ3n) is 5.83. The number of carbonyl (C=O) groups excluding carboxylic acids is 1. The van der Waals surface area contributed by atoms with Crippen LogP contribution in [0.4, 0.5) is 0 Å². The highest BCUT2D eigenvalue weighted by molar-refractivity contribution is 5.87. The fourth-order valence-corrected chi connectivity index (χ4v) is 4.05. The van der Waals surface area contributed by atoms with Gasteiger partial charge in [0.15, 0.2) is 0 Å². The molecule has 0 atom stereocenters. The van der Waals surface area contributed by atoms with E-state index in [9.17, 15) is 14.7 Å². The second kappa shape index (κ2) is 8.17. The maximum absolute atomic E-state index is 12.4. The molecule has 0 saturated heterocycles. The summed E-state index contributed by atoms with van der Waals surface area (Å²) in [5.41, 5.74) is 4.39. The highest BCUT2D eigenvalue weighted by Gasteiger charge is 2.42. The number of nitrogens with one attached hydrogen (secondary N) is 1. The van der Waals surface area contributed by atoms with Gasteiger partial charge in [0, 0.05) is 12.1 Å². The fourth-order valence-electron chi connectivity index (χ4n) is 4.05. The van der Waals surface area contributed by atoms with Crippen molar-refractivity contribution in [3.05, 3.63) is 52.3 Å². The maximum atomic E-state index is 12.4. The summed E-state index contributed by atoms with van der Waals surface area (Å²) in [5, 5.41) is 16.9. The highest BCUT2D eigenvalue weighted by atomic mass is 16.4. The molecule has 1 aliphatic carbocycles. The maximum Gasteiger partial charge on any atom is 0.329 e. The van der Waals surface area contributed by atoms with Gasteiger partial charge < -0.3 is 10.4 Å². The molecule has 1 aromatic heterocycles. The van der Waals surface area contributed by atoms with E-state index in [1.54, 1.807) is 0 Å². The molecule has 0 aliphatic heterocycles. The Bertz CT molecular complexity index is 862. The van der Waals surface area contributed by atoms with Crippen molar-refractivity contribution < 1.29 is 14.7 Å². The first-order valence-corrected chi connectivity index (χ1v) is 9.93. The Hall–Kier alpha value is -2.63. The minimum absolute atomic E-state index is 0.200. The Morgan fingerprint density at radius 2 is 1.79 bits per heavy atom. The largest absolute Gasteiger partial charge is 0.480 e. The molecular weight excluding hydrogens is 354 g/mol. The second-order valence-corrected chi connectivity index (χ2v) is 7.94. The predicted molar refractivity (Wildman–Crippen MR) is 107 cm³/mol. The van der Waals surface area contributed by atoms with E-state index in [0.29, 0.717) is 25.8 Å². The van der Waals surface area contributed by atoms with E-state index in [1.165, 1.54) is 11.1 Å². The van der Waals surface area contributed by atoms with Crippen LogP contribution in [0.2, 0.25) is 0 Å². The number of carboxylic acid groups (broad SMARTS) is 1. The van der Waals surface area contributed by atoms with Crippen LogP contribution in [0.5, 0.6) is 0 Å². The molecule has 1 heterocycles. The molecule has 6 nitrogen and oxygen atoms in total. The molecule has 1 amide bonds. The van der Waals surface area contributed by atoms with Gasteiger partial charge in [0.2, 0.25) is 5.91 Å². The molecular formula is C22H29N3O3. The number of nitrogens with zero attached hydrogens (tertiary/aromatic N) is 2. The van der Waals surface area contributed by atoms with Crippen LogP contribution in [0.3, 0.4) is 0 Å². The van der Waals surface area contributed by atoms with Crippen molar-refractivity contribution in [3.8, 4) is 0 Å². The molecule has 0 radical (unpaired) electrons. The minimum Gasteiger partial charge on any atom is -0.480 e. The lowest BCUT2D eigenvalue weighted by Crippen LogP contribution is -2.52. The van der Waals surface area contributed by atoms with E-state index < -0.39 is 11.5 Å². The summed E-state index contributed by atoms with van der Waals surface area (Å²) in [6.07, 6.45) is 3.55. The van der Waals surface area contributed by atoms with Gasteiger partial charge in [0.1, 0.15) is 5.54 Å². The molecule has 1 saturated carbocycles. The average molecular weight is 383 g/mol. The first-order valence-electron chi connectivity index (χ1n) is 9.93. The van der Waals surface area contributed by atoms with Crippen LogP contribution in [0.1, 0.15) is 60.2 Å². The fraction of sp³-hybridized carbons (Fsp3) is 0.500. The molecule has 1 aliphatic rings. The Morgan fingerprint density at radius 1 is 1.14 bits per heavy atom. The topological polar surface area (TPSA) is 84.2 Å². The van der Waals surface area contributed by atoms with Gasteiger partial charge in [0.25, 0.3) is 0 Å². The zero-order chi connectivity index (χ0) is 20.3. The van der Waals surface area contributed by atoms with Crippen LogP contribution in [0.15, 0.2) is 24.3 Å². The van der Waals surface area contributed by atoms with Gasteiger partial charge >= 0.3 is 5.97 Å². The van der Waals surface area contributed by atoms with Gasteiger partial charge in [-0.05, 0) is 51.2 Å². The molecule has 1 aromatic carbocycles. The quantitative estimate of drug-likeness (QED) is 0.768. The van der Waals surface area contributed by atoms with Crippen molar-refractivity contribution in [1.29, 1.82) is 0 Å². The van der Waals surface area contributed by atoms with Crippen molar-refractivity contribution >= 4 is 11.9 Å². The normalized spacial score (nSPS) is 15.5. The summed E-state index contributed by atoms with van der Waals surface area (Å²) in [6.45, 7) is 6.75. The number of benzene rings is 1. The van der Waals surface area contributed by atoms with Crippen molar-refractivity contribution in [3.63, 3.8) is 0 Å². The van der Waals surface area contributed by atoms with E-state index in [4.69, 9.17) is 0 Å². The summed E-state index contributed by atoms with van der Waals surface area (Å²) >= 11 is 0. The van der Waals surface area contributed by atoms with Gasteiger partial charge in [-0.25, -0.2) is 4.79 Å². The van der Waals surface area contributed by atoms with Crippen molar-refractivity contribution in [2.45, 2.75) is 71.4 Å². The SMILES string of the molecule is Cc1ccc(Cn2nc(C)c(CCC(=O)NC3(C(=O)O)CCCC3)c2C)cc1. The van der Waals surface area contributed by atoms with Crippen LogP contribution >= 0.6 is 0 Å². The van der Waals surface area contributed by atoms with Crippen molar-refractivity contribution in [2.75, 3.05) is 0 Å². The van der Waals surface area contributed by atoms with E-state index in [2.05, 4.69) is 41.6 Å². The summed E-state index contributed by atoms with van der Waals surface area (Å²) in [7, 11) is 0. The van der Waals surface area contributed by atoms with Gasteiger partial charge in [-0.2, -0.15) is 5.10 Å². The summed E-state index contributed by atoms with van der Waals surface area (Å²) in [4.78, 5) is 24.0. The molecule has 0 unspecified atom stereocenters. The Labute approximate surface area is 166 Å². The molecule has 0 spiro atoms. The summed E-state index contributed by atoms with van der Waals surface area (Å²) in [5.74, 6) is -1.12. The number of hydrogen-bond acceptors (Lipinski definition) is 3. The van der Waals surface area contributed by atoms with Crippen LogP contribution in [-0.4, -0.2) is 32.3 Å². The molecule has 2 N–H and O–H groups in total. The van der Waals surface area contributed by atoms with Gasteiger partial charge in [-0.3, -0.25) is 9.48 Å². The molecule has 6 heteroatoms. The lowest BCUT2D eigenvalue weighted by atomic mass is 9.97. The zero-order valence-electron chi connectivity index (χ0n) is 16.9. The van der Waals surface area contributed by atoms with Crippen molar-refractivity contribution in [2.24, 2.45) is 0 Å². The molecule has 28 heavy (non-hydrogen) atoms. The molecule has 1 fully saturated rings. The van der Waals surface area contributed by atoms with E-state index in [0.717, 1.165) is 29.8 Å². The number of aliphatic carboxylic acids is 1. The summed E-state index contributed by atoms with van der Waals surface area (Å²) in [6, 6.07) is 8.39. The van der Waals surface area contributed by atoms with Gasteiger partial charge in [-0.1, -0.05) is 42.7 Å². The van der Waals surface area contributed by atoms with E-state index >= 15 is 0 Å². The molecule has 150 valence electrons. The monoisotopic (exact) mass is 383 g/mol. The third kappa shape index (κ3) is 4.26. The lowest BCUT2D eigenvalue weighted by molar-refractivity contribution is -0.147. The molecule has 2 aromatic rings. The second-order valence-electron chi connectivity index (χ2n) is 7.94. The highest BCUT2D eigenvalue weighted by Crippen LogP contribution is 2.30. The Balaban J connectivity index is 1.64. The van der Waals surface area contributed by atoms with Crippen LogP contribution in [-0.2, 0) is 22.6 Å². The zero-order valence-corrected chi connectivity index (χ0v) is 16.9. The third-order valence-corrected chi connectivity index (χ3v) is 5.83. The Kier molecular flexibility index (Phi) is 5.87. The Morgan fingerprint density at radius 3 is 2.39 bits per heavy atom. The van der Waals surface area contributed by atoms with Crippen LogP contribution < -0.4 is 5.32 Å². The van der Waals surface area contributed by atoms with Gasteiger partial charge in [-0.15, -0.1) is 0 Å². The van der Waals surface area contributed by atoms with Crippen molar-refractivity contribution in [1.82, 2.24) is 15.1 Å². The van der Waals surface area contributed by atoms with Crippen LogP contribution in [0.25, 0.3) is 0 Å². The number of aromatic nitrogens is 2.